The zero-order valence-corrected chi connectivity index (χ0v) is 9.43. The van der Waals surface area contributed by atoms with Gasteiger partial charge in [0.1, 0.15) is 6.33 Å². The van der Waals surface area contributed by atoms with Crippen molar-refractivity contribution in [2.24, 2.45) is 0 Å². The number of carbonyl (C=O) groups is 1. The molecule has 0 amide bonds. The molecule has 0 spiro atoms. The summed E-state index contributed by atoms with van der Waals surface area (Å²) >= 11 is 0. The van der Waals surface area contributed by atoms with Gasteiger partial charge >= 0.3 is 5.97 Å². The van der Waals surface area contributed by atoms with Crippen molar-refractivity contribution < 1.29 is 14.6 Å². The first-order valence-electron chi connectivity index (χ1n) is 5.49. The molecule has 0 radical (unpaired) electrons. The number of ether oxygens (including phenoxy) is 1. The van der Waals surface area contributed by atoms with Gasteiger partial charge in [0.05, 0.1) is 13.2 Å². The molecule has 0 bridgehead atoms. The van der Waals surface area contributed by atoms with Gasteiger partial charge < -0.3 is 14.7 Å². The average molecular weight is 249 g/mol. The summed E-state index contributed by atoms with van der Waals surface area (Å²) in [6.07, 6.45) is 4.87. The van der Waals surface area contributed by atoms with Crippen LogP contribution in [0.4, 0.5) is 5.82 Å². The Balaban J connectivity index is 2.06. The maximum Gasteiger partial charge on any atom is 0.328 e. The van der Waals surface area contributed by atoms with E-state index in [9.17, 15) is 9.90 Å². The monoisotopic (exact) mass is 249 g/mol. The fourth-order valence-corrected chi connectivity index (χ4v) is 2.01. The third-order valence-electron chi connectivity index (χ3n) is 2.88. The number of carboxylic acids is 1. The third kappa shape index (κ3) is 1.66. The Morgan fingerprint density at radius 3 is 3.28 bits per heavy atom. The molecule has 3 heterocycles. The van der Waals surface area contributed by atoms with E-state index in [0.29, 0.717) is 24.6 Å². The van der Waals surface area contributed by atoms with Gasteiger partial charge in [0.2, 0.25) is 5.65 Å². The number of rotatable bonds is 2. The van der Waals surface area contributed by atoms with Crippen LogP contribution in [-0.4, -0.2) is 56.5 Å². The molecule has 0 aliphatic carbocycles. The van der Waals surface area contributed by atoms with E-state index in [1.54, 1.807) is 28.0 Å². The molecule has 1 unspecified atom stereocenters. The van der Waals surface area contributed by atoms with Crippen LogP contribution in [0.25, 0.3) is 5.65 Å². The highest BCUT2D eigenvalue weighted by Crippen LogP contribution is 2.21. The van der Waals surface area contributed by atoms with Gasteiger partial charge in [0, 0.05) is 18.9 Å². The van der Waals surface area contributed by atoms with Crippen molar-refractivity contribution in [1.29, 1.82) is 0 Å². The Morgan fingerprint density at radius 1 is 1.56 bits per heavy atom. The highest BCUT2D eigenvalue weighted by atomic mass is 16.5. The van der Waals surface area contributed by atoms with Gasteiger partial charge in [-0.2, -0.15) is 0 Å². The Hall–Kier alpha value is -2.22. The fourth-order valence-electron chi connectivity index (χ4n) is 2.01. The lowest BCUT2D eigenvalue weighted by Crippen LogP contribution is -2.50. The van der Waals surface area contributed by atoms with Crippen LogP contribution in [0, 0.1) is 0 Å². The van der Waals surface area contributed by atoms with Crippen LogP contribution in [0.2, 0.25) is 0 Å². The van der Waals surface area contributed by atoms with E-state index >= 15 is 0 Å². The largest absolute Gasteiger partial charge is 0.480 e. The maximum absolute atomic E-state index is 11.2. The van der Waals surface area contributed by atoms with E-state index < -0.39 is 12.0 Å². The number of morpholine rings is 1. The molecule has 2 aromatic rings. The number of nitrogens with zero attached hydrogens (tertiary/aromatic N) is 5. The lowest BCUT2D eigenvalue weighted by atomic mass is 10.2. The first-order chi connectivity index (χ1) is 8.77. The summed E-state index contributed by atoms with van der Waals surface area (Å²) in [6.45, 7) is 1.09. The maximum atomic E-state index is 11.2. The Labute approximate surface area is 102 Å². The topological polar surface area (TPSA) is 92.9 Å². The van der Waals surface area contributed by atoms with E-state index in [-0.39, 0.29) is 6.61 Å². The molecule has 18 heavy (non-hydrogen) atoms. The second-order valence-electron chi connectivity index (χ2n) is 3.94. The van der Waals surface area contributed by atoms with E-state index in [1.807, 2.05) is 0 Å². The predicted octanol–water partition coefficient (Wildman–Crippen LogP) is -0.586. The van der Waals surface area contributed by atoms with Crippen LogP contribution in [0.15, 0.2) is 18.7 Å². The Kier molecular flexibility index (Phi) is 2.56. The molecule has 1 fully saturated rings. The molecule has 1 aliphatic heterocycles. The summed E-state index contributed by atoms with van der Waals surface area (Å²) in [6, 6.07) is -0.742. The van der Waals surface area contributed by atoms with Gasteiger partial charge in [-0.25, -0.2) is 9.78 Å². The van der Waals surface area contributed by atoms with Gasteiger partial charge in [-0.05, 0) is 0 Å². The van der Waals surface area contributed by atoms with E-state index in [4.69, 9.17) is 4.74 Å². The number of hydrogen-bond acceptors (Lipinski definition) is 6. The number of anilines is 1. The fraction of sp³-hybridized carbons (Fsp3) is 0.400. The minimum Gasteiger partial charge on any atom is -0.480 e. The van der Waals surface area contributed by atoms with Crippen LogP contribution >= 0.6 is 0 Å². The van der Waals surface area contributed by atoms with Crippen molar-refractivity contribution in [3.8, 4) is 0 Å². The molecular weight excluding hydrogens is 238 g/mol. The molecule has 2 aromatic heterocycles. The first kappa shape index (κ1) is 10.9. The van der Waals surface area contributed by atoms with Crippen molar-refractivity contribution in [2.75, 3.05) is 24.7 Å². The highest BCUT2D eigenvalue weighted by molar-refractivity contribution is 5.80. The summed E-state index contributed by atoms with van der Waals surface area (Å²) in [5.41, 5.74) is 0.547. The number of carboxylic acid groups (broad SMARTS) is 1. The molecule has 8 heteroatoms. The zero-order valence-electron chi connectivity index (χ0n) is 9.43. The number of aliphatic carboxylic acids is 1. The molecular formula is C10H11N5O3. The number of fused-ring (bicyclic) bond motifs is 1. The molecule has 1 aliphatic rings. The first-order valence-corrected chi connectivity index (χ1v) is 5.49. The predicted molar refractivity (Wildman–Crippen MR) is 60.4 cm³/mol. The lowest BCUT2D eigenvalue weighted by molar-refractivity contribution is -0.141. The van der Waals surface area contributed by atoms with Crippen molar-refractivity contribution in [3.63, 3.8) is 0 Å². The third-order valence-corrected chi connectivity index (χ3v) is 2.88. The van der Waals surface area contributed by atoms with Crippen LogP contribution < -0.4 is 4.90 Å². The minimum absolute atomic E-state index is 0.145. The minimum atomic E-state index is -0.932. The second-order valence-corrected chi connectivity index (χ2v) is 3.94. The Morgan fingerprint density at radius 2 is 2.44 bits per heavy atom. The molecule has 3 rings (SSSR count). The zero-order chi connectivity index (χ0) is 12.5. The molecule has 1 N–H and O–H groups in total. The number of aromatic nitrogens is 4. The summed E-state index contributed by atoms with van der Waals surface area (Å²) in [4.78, 5) is 17.1. The van der Waals surface area contributed by atoms with Gasteiger partial charge in [-0.3, -0.25) is 4.40 Å². The van der Waals surface area contributed by atoms with Crippen LogP contribution in [-0.2, 0) is 9.53 Å². The van der Waals surface area contributed by atoms with Gasteiger partial charge in [0.25, 0.3) is 0 Å². The summed E-state index contributed by atoms with van der Waals surface area (Å²) in [5, 5.41) is 17.0. The van der Waals surface area contributed by atoms with E-state index in [0.717, 1.165) is 0 Å². The van der Waals surface area contributed by atoms with Crippen LogP contribution in [0.1, 0.15) is 0 Å². The van der Waals surface area contributed by atoms with E-state index in [1.165, 1.54) is 0 Å². The van der Waals surface area contributed by atoms with Crippen molar-refractivity contribution >= 4 is 17.4 Å². The summed E-state index contributed by atoms with van der Waals surface area (Å²) in [5.74, 6) is -0.413. The Bertz CT molecular complexity index is 584. The molecule has 8 nitrogen and oxygen atoms in total. The van der Waals surface area contributed by atoms with Crippen molar-refractivity contribution in [1.82, 2.24) is 19.6 Å². The highest BCUT2D eigenvalue weighted by Gasteiger charge is 2.31. The average Bonchev–Trinajstić information content (AvgIpc) is 2.86. The standard InChI is InChI=1S/C10H11N5O3/c16-10(17)7-5-18-4-3-15(7)8-9-13-12-6-14(9)2-1-11-8/h1-2,6-7H,3-5H2,(H,16,17). The number of hydrogen-bond donors (Lipinski definition) is 1. The van der Waals surface area contributed by atoms with Crippen LogP contribution in [0.3, 0.4) is 0 Å². The molecule has 0 saturated carbocycles. The van der Waals surface area contributed by atoms with Gasteiger partial charge in [-0.1, -0.05) is 0 Å². The van der Waals surface area contributed by atoms with Crippen LogP contribution in [0.5, 0.6) is 0 Å². The lowest BCUT2D eigenvalue weighted by Gasteiger charge is -2.33. The molecule has 1 saturated heterocycles. The van der Waals surface area contributed by atoms with Crippen molar-refractivity contribution in [3.05, 3.63) is 18.7 Å². The van der Waals surface area contributed by atoms with Crippen molar-refractivity contribution in [2.45, 2.75) is 6.04 Å². The SMILES string of the molecule is O=C(O)C1COCCN1c1nccn2cnnc12. The van der Waals surface area contributed by atoms with E-state index in [2.05, 4.69) is 15.2 Å². The quantitative estimate of drug-likeness (QED) is 0.760. The summed E-state index contributed by atoms with van der Waals surface area (Å²) in [7, 11) is 0. The molecule has 0 aromatic carbocycles. The normalized spacial score (nSPS) is 20.2. The molecule has 94 valence electrons. The molecule has 1 atom stereocenters. The van der Waals surface area contributed by atoms with Gasteiger partial charge in [-0.15, -0.1) is 10.2 Å². The smallest absolute Gasteiger partial charge is 0.328 e. The second kappa shape index (κ2) is 4.22. The summed E-state index contributed by atoms with van der Waals surface area (Å²) < 4.78 is 6.90. The van der Waals surface area contributed by atoms with Gasteiger partial charge in [0.15, 0.2) is 11.9 Å².